The Morgan fingerprint density at radius 2 is 1.60 bits per heavy atom. The van der Waals surface area contributed by atoms with Crippen molar-refractivity contribution >= 4 is 33.1 Å². The number of thiophene rings is 1. The number of pyridine rings is 1. The van der Waals surface area contributed by atoms with E-state index >= 15 is 0 Å². The van der Waals surface area contributed by atoms with E-state index in [-0.39, 0.29) is 11.2 Å². The maximum Gasteiger partial charge on any atom is 0.490 e. The van der Waals surface area contributed by atoms with Crippen molar-refractivity contribution in [1.29, 1.82) is 0 Å². The molecule has 0 saturated carbocycles. The molecule has 16 heteroatoms. The minimum absolute atomic E-state index is 0.0617. The fourth-order valence-corrected chi connectivity index (χ4v) is 7.12. The van der Waals surface area contributed by atoms with Crippen LogP contribution in [0.25, 0.3) is 10.4 Å². The Balaban J connectivity index is 0.000000263. The highest BCUT2D eigenvalue weighted by Crippen LogP contribution is 2.46. The first-order valence-electron chi connectivity index (χ1n) is 11.1. The van der Waals surface area contributed by atoms with E-state index in [1.54, 1.807) is 17.5 Å². The number of fused-ring (bicyclic) bond motifs is 3. The van der Waals surface area contributed by atoms with Crippen LogP contribution in [0.15, 0.2) is 65.1 Å². The van der Waals surface area contributed by atoms with Crippen LogP contribution >= 0.6 is 11.3 Å². The van der Waals surface area contributed by atoms with Gasteiger partial charge in [0.15, 0.2) is 9.84 Å². The van der Waals surface area contributed by atoms with Crippen LogP contribution in [0.3, 0.4) is 0 Å². The lowest BCUT2D eigenvalue weighted by Crippen LogP contribution is -2.25. The molecule has 1 fully saturated rings. The number of carbonyl (C=O) groups is 2. The minimum Gasteiger partial charge on any atom is -0.475 e. The van der Waals surface area contributed by atoms with Crippen molar-refractivity contribution < 1.29 is 54.6 Å². The molecule has 2 aliphatic rings. The highest BCUT2D eigenvalue weighted by Gasteiger charge is 2.50. The Hall–Kier alpha value is -3.50. The molecule has 5 rings (SSSR count). The van der Waals surface area contributed by atoms with Gasteiger partial charge in [0, 0.05) is 42.8 Å². The van der Waals surface area contributed by atoms with Gasteiger partial charge in [0.25, 0.3) is 0 Å². The molecule has 8 nitrogen and oxygen atoms in total. The van der Waals surface area contributed by atoms with Gasteiger partial charge in [0.1, 0.15) is 0 Å². The van der Waals surface area contributed by atoms with Gasteiger partial charge >= 0.3 is 24.3 Å². The Morgan fingerprint density at radius 3 is 2.10 bits per heavy atom. The molecular formula is C24H20F6N2O6S2. The number of likely N-dealkylation sites (tertiary alicyclic amines) is 1. The average molecular weight is 611 g/mol. The summed E-state index contributed by atoms with van der Waals surface area (Å²) in [5.41, 5.74) is 3.23. The summed E-state index contributed by atoms with van der Waals surface area (Å²) < 4.78 is 89.5. The highest BCUT2D eigenvalue weighted by molar-refractivity contribution is 7.92. The Kier molecular flexibility index (Phi) is 9.26. The van der Waals surface area contributed by atoms with Crippen LogP contribution in [0, 0.1) is 0 Å². The fraction of sp³-hybridized carbons (Fsp3) is 0.292. The van der Waals surface area contributed by atoms with E-state index in [2.05, 4.69) is 22.0 Å². The number of hydrogen-bond donors (Lipinski definition) is 2. The first-order chi connectivity index (χ1) is 18.5. The number of sulfone groups is 1. The lowest BCUT2D eigenvalue weighted by Gasteiger charge is -2.17. The first-order valence-corrected chi connectivity index (χ1v) is 13.6. The summed E-state index contributed by atoms with van der Waals surface area (Å²) in [6.07, 6.45) is -6.56. The van der Waals surface area contributed by atoms with Crippen molar-refractivity contribution in [3.8, 4) is 10.4 Å². The predicted octanol–water partition coefficient (Wildman–Crippen LogP) is 4.83. The van der Waals surface area contributed by atoms with Crippen LogP contribution in [0.1, 0.15) is 17.0 Å². The number of aromatic nitrogens is 1. The quantitative estimate of drug-likeness (QED) is 0.404. The van der Waals surface area contributed by atoms with Crippen LogP contribution in [0.5, 0.6) is 0 Å². The maximum absolute atomic E-state index is 13.0. The van der Waals surface area contributed by atoms with E-state index in [0.717, 1.165) is 29.8 Å². The molecule has 0 spiro atoms. The predicted molar refractivity (Wildman–Crippen MR) is 130 cm³/mol. The lowest BCUT2D eigenvalue weighted by atomic mass is 9.96. The van der Waals surface area contributed by atoms with E-state index in [9.17, 15) is 34.8 Å². The molecule has 0 bridgehead atoms. The van der Waals surface area contributed by atoms with Gasteiger partial charge in [0.05, 0.1) is 10.1 Å². The van der Waals surface area contributed by atoms with Gasteiger partial charge in [-0.2, -0.15) is 26.3 Å². The number of carboxylic acid groups (broad SMARTS) is 2. The third-order valence-electron chi connectivity index (χ3n) is 5.88. The van der Waals surface area contributed by atoms with Crippen LogP contribution in [-0.4, -0.2) is 71.1 Å². The van der Waals surface area contributed by atoms with Crippen molar-refractivity contribution in [3.63, 3.8) is 0 Å². The molecular weight excluding hydrogens is 590 g/mol. The van der Waals surface area contributed by atoms with Crippen molar-refractivity contribution in [3.05, 3.63) is 71.4 Å². The number of rotatable bonds is 3. The van der Waals surface area contributed by atoms with Crippen molar-refractivity contribution in [1.82, 2.24) is 9.88 Å². The van der Waals surface area contributed by atoms with E-state index in [1.165, 1.54) is 4.88 Å². The molecule has 2 aliphatic heterocycles. The van der Waals surface area contributed by atoms with Gasteiger partial charge in [0.2, 0.25) is 0 Å². The van der Waals surface area contributed by atoms with Crippen LogP contribution in [0.2, 0.25) is 0 Å². The molecule has 2 aromatic heterocycles. The highest BCUT2D eigenvalue weighted by atomic mass is 32.2. The zero-order chi connectivity index (χ0) is 29.9. The molecule has 2 atom stereocenters. The zero-order valence-electron chi connectivity index (χ0n) is 20.1. The molecule has 1 saturated heterocycles. The fourth-order valence-electron chi connectivity index (χ4n) is 4.20. The van der Waals surface area contributed by atoms with E-state index < -0.39 is 34.1 Å². The number of alkyl halides is 6. The normalized spacial score (nSPS) is 19.4. The van der Waals surface area contributed by atoms with Gasteiger partial charge in [-0.1, -0.05) is 18.2 Å². The van der Waals surface area contributed by atoms with Gasteiger partial charge in [-0.05, 0) is 46.3 Å². The van der Waals surface area contributed by atoms with E-state index in [4.69, 9.17) is 19.8 Å². The van der Waals surface area contributed by atoms with Gasteiger partial charge in [-0.25, -0.2) is 18.0 Å². The summed E-state index contributed by atoms with van der Waals surface area (Å²) in [4.78, 5) is 25.9. The lowest BCUT2D eigenvalue weighted by molar-refractivity contribution is -0.193. The summed E-state index contributed by atoms with van der Waals surface area (Å²) in [5.74, 6) is -5.45. The monoisotopic (exact) mass is 610 g/mol. The largest absolute Gasteiger partial charge is 0.490 e. The number of nitrogens with zero attached hydrogens (tertiary/aromatic N) is 2. The van der Waals surface area contributed by atoms with Gasteiger partial charge in [-0.3, -0.25) is 9.88 Å². The van der Waals surface area contributed by atoms with Crippen LogP contribution in [0.4, 0.5) is 26.3 Å². The first kappa shape index (κ1) is 31.0. The number of benzene rings is 1. The Labute approximate surface area is 227 Å². The molecule has 0 radical (unpaired) electrons. The second-order valence-corrected chi connectivity index (χ2v) is 11.7. The second-order valence-electron chi connectivity index (χ2n) is 8.58. The number of aliphatic carboxylic acids is 2. The molecule has 4 heterocycles. The Bertz CT molecular complexity index is 1420. The molecule has 1 aromatic carbocycles. The van der Waals surface area contributed by atoms with Crippen LogP contribution in [-0.2, 0) is 26.0 Å². The van der Waals surface area contributed by atoms with E-state index in [0.29, 0.717) is 11.4 Å². The summed E-state index contributed by atoms with van der Waals surface area (Å²) in [6, 6.07) is 13.9. The molecule has 40 heavy (non-hydrogen) atoms. The van der Waals surface area contributed by atoms with Gasteiger partial charge in [-0.15, -0.1) is 11.3 Å². The molecule has 3 aromatic rings. The SMILES string of the molecule is O=C(O)C(F)(F)F.O=C(O)C(F)(F)F.O=S1(=O)c2ccc(-c3cccs3)cc2C2CN(Cc3cccnc3)CC21. The minimum atomic E-state index is -5.08. The smallest absolute Gasteiger partial charge is 0.475 e. The number of carboxylic acids is 2. The zero-order valence-corrected chi connectivity index (χ0v) is 21.7. The third kappa shape index (κ3) is 7.37. The number of halogens is 6. The summed E-state index contributed by atoms with van der Waals surface area (Å²) >= 11 is 1.68. The van der Waals surface area contributed by atoms with Crippen molar-refractivity contribution in [2.45, 2.75) is 35.0 Å². The van der Waals surface area contributed by atoms with Crippen molar-refractivity contribution in [2.75, 3.05) is 13.1 Å². The third-order valence-corrected chi connectivity index (χ3v) is 9.05. The summed E-state index contributed by atoms with van der Waals surface area (Å²) in [7, 11) is -3.25. The van der Waals surface area contributed by atoms with E-state index in [1.807, 2.05) is 41.9 Å². The van der Waals surface area contributed by atoms with Crippen molar-refractivity contribution in [2.24, 2.45) is 0 Å². The maximum atomic E-state index is 13.0. The van der Waals surface area contributed by atoms with Gasteiger partial charge < -0.3 is 10.2 Å². The number of hydrogen-bond acceptors (Lipinski definition) is 7. The molecule has 2 N–H and O–H groups in total. The van der Waals surface area contributed by atoms with Crippen LogP contribution < -0.4 is 0 Å². The Morgan fingerprint density at radius 1 is 0.975 bits per heavy atom. The summed E-state index contributed by atoms with van der Waals surface area (Å²) in [5, 5.41) is 16.0. The standard InChI is InChI=1S/C20H18N2O2S2.2C2HF3O2/c23-26(24)19-6-5-15(18-4-2-8-25-18)9-16(19)17-12-22(13-20(17)26)11-14-3-1-7-21-10-14;2*3-2(4,5)1(6)7/h1-10,17,20H,11-13H2;2*(H,6,7). The topological polar surface area (TPSA) is 125 Å². The average Bonchev–Trinajstić information content (AvgIpc) is 3.58. The second kappa shape index (κ2) is 11.9. The molecule has 0 aliphatic carbocycles. The summed E-state index contributed by atoms with van der Waals surface area (Å²) in [6.45, 7) is 2.11. The molecule has 2 unspecified atom stereocenters. The molecule has 0 amide bonds. The molecule has 216 valence electrons.